The van der Waals surface area contributed by atoms with Crippen molar-refractivity contribution < 1.29 is 9.84 Å². The summed E-state index contributed by atoms with van der Waals surface area (Å²) >= 11 is 0. The van der Waals surface area contributed by atoms with Gasteiger partial charge in [-0.3, -0.25) is 0 Å². The predicted octanol–water partition coefficient (Wildman–Crippen LogP) is 2.39. The fourth-order valence-corrected chi connectivity index (χ4v) is 2.38. The molecule has 2 atom stereocenters. The van der Waals surface area contributed by atoms with Crippen LogP contribution in [0, 0.1) is 0 Å². The van der Waals surface area contributed by atoms with Gasteiger partial charge in [0.25, 0.3) is 0 Å². The molecule has 0 saturated carbocycles. The quantitative estimate of drug-likeness (QED) is 0.759. The molecule has 1 rings (SSSR count). The van der Waals surface area contributed by atoms with Crippen LogP contribution in [0.2, 0.25) is 0 Å². The van der Waals surface area contributed by atoms with Crippen molar-refractivity contribution in [3.63, 3.8) is 0 Å². The van der Waals surface area contributed by atoms with Gasteiger partial charge >= 0.3 is 0 Å². The highest BCUT2D eigenvalue weighted by Gasteiger charge is 2.34. The minimum Gasteiger partial charge on any atom is -0.365 e. The average molecular weight is 229 g/mol. The van der Waals surface area contributed by atoms with Gasteiger partial charge in [-0.2, -0.15) is 0 Å². The molecule has 0 aromatic heterocycles. The van der Waals surface area contributed by atoms with E-state index in [1.54, 1.807) is 0 Å². The highest BCUT2D eigenvalue weighted by Crippen LogP contribution is 2.30. The van der Waals surface area contributed by atoms with Crippen LogP contribution in [0.1, 0.15) is 52.9 Å². The van der Waals surface area contributed by atoms with Gasteiger partial charge in [0.1, 0.15) is 0 Å². The minimum atomic E-state index is -0.860. The van der Waals surface area contributed by atoms with Crippen molar-refractivity contribution in [3.8, 4) is 0 Å². The molecule has 2 unspecified atom stereocenters. The monoisotopic (exact) mass is 229 g/mol. The van der Waals surface area contributed by atoms with Gasteiger partial charge in [-0.25, -0.2) is 0 Å². The smallest absolute Gasteiger partial charge is 0.167 e. The summed E-state index contributed by atoms with van der Waals surface area (Å²) in [5.74, 6) is -0.860. The van der Waals surface area contributed by atoms with Crippen LogP contribution < -0.4 is 0 Å². The van der Waals surface area contributed by atoms with Crippen LogP contribution in [-0.4, -0.2) is 41.5 Å². The standard InChI is InChI=1S/C13H27NO2/c1-4-12-8-7-9-13(15,16-12)10-11-14(5-2)6-3/h12,15H,4-11H2,1-3H3. The zero-order valence-electron chi connectivity index (χ0n) is 11.0. The summed E-state index contributed by atoms with van der Waals surface area (Å²) < 4.78 is 5.79. The van der Waals surface area contributed by atoms with Crippen molar-refractivity contribution >= 4 is 0 Å². The molecule has 1 heterocycles. The third-order valence-corrected chi connectivity index (χ3v) is 3.65. The maximum Gasteiger partial charge on any atom is 0.167 e. The molecule has 96 valence electrons. The van der Waals surface area contributed by atoms with E-state index in [2.05, 4.69) is 25.7 Å². The largest absolute Gasteiger partial charge is 0.365 e. The SMILES string of the molecule is CCC1CCCC(O)(CCN(CC)CC)O1. The number of ether oxygens (including phenoxy) is 1. The molecule has 0 radical (unpaired) electrons. The van der Waals surface area contributed by atoms with Crippen LogP contribution in [-0.2, 0) is 4.74 Å². The molecule has 16 heavy (non-hydrogen) atoms. The normalized spacial score (nSPS) is 30.9. The van der Waals surface area contributed by atoms with E-state index in [0.29, 0.717) is 0 Å². The molecule has 1 saturated heterocycles. The second kappa shape index (κ2) is 6.58. The number of rotatable bonds is 6. The van der Waals surface area contributed by atoms with E-state index >= 15 is 0 Å². The van der Waals surface area contributed by atoms with Crippen LogP contribution in [0.25, 0.3) is 0 Å². The van der Waals surface area contributed by atoms with E-state index in [0.717, 1.165) is 51.7 Å². The molecule has 1 fully saturated rings. The van der Waals surface area contributed by atoms with E-state index < -0.39 is 5.79 Å². The Morgan fingerprint density at radius 2 is 2.00 bits per heavy atom. The average Bonchev–Trinajstić information content (AvgIpc) is 2.30. The molecule has 3 nitrogen and oxygen atoms in total. The van der Waals surface area contributed by atoms with Crippen molar-refractivity contribution in [2.45, 2.75) is 64.8 Å². The Hall–Kier alpha value is -0.120. The molecule has 0 aromatic rings. The Labute approximate surface area is 99.8 Å². The predicted molar refractivity (Wildman–Crippen MR) is 66.4 cm³/mol. The lowest BCUT2D eigenvalue weighted by molar-refractivity contribution is -0.258. The lowest BCUT2D eigenvalue weighted by Crippen LogP contribution is -2.43. The number of nitrogens with zero attached hydrogens (tertiary/aromatic N) is 1. The van der Waals surface area contributed by atoms with E-state index in [-0.39, 0.29) is 6.10 Å². The number of hydrogen-bond donors (Lipinski definition) is 1. The molecule has 0 spiro atoms. The zero-order valence-corrected chi connectivity index (χ0v) is 11.0. The van der Waals surface area contributed by atoms with Crippen LogP contribution in [0.3, 0.4) is 0 Å². The van der Waals surface area contributed by atoms with Gasteiger partial charge in [0.15, 0.2) is 5.79 Å². The molecule has 1 aliphatic heterocycles. The molecule has 0 aromatic carbocycles. The zero-order chi connectivity index (χ0) is 12.0. The summed E-state index contributed by atoms with van der Waals surface area (Å²) in [4.78, 5) is 2.33. The fraction of sp³-hybridized carbons (Fsp3) is 1.00. The van der Waals surface area contributed by atoms with E-state index in [1.165, 1.54) is 0 Å². The van der Waals surface area contributed by atoms with Crippen molar-refractivity contribution in [2.24, 2.45) is 0 Å². The lowest BCUT2D eigenvalue weighted by atomic mass is 9.97. The molecule has 0 aliphatic carbocycles. The van der Waals surface area contributed by atoms with Crippen molar-refractivity contribution in [1.82, 2.24) is 4.90 Å². The summed E-state index contributed by atoms with van der Waals surface area (Å²) in [6, 6.07) is 0. The Kier molecular flexibility index (Phi) is 5.73. The first-order valence-corrected chi connectivity index (χ1v) is 6.76. The van der Waals surface area contributed by atoms with E-state index in [9.17, 15) is 5.11 Å². The maximum absolute atomic E-state index is 10.4. The highest BCUT2D eigenvalue weighted by atomic mass is 16.6. The number of hydrogen-bond acceptors (Lipinski definition) is 3. The Bertz CT molecular complexity index is 194. The van der Waals surface area contributed by atoms with E-state index in [1.807, 2.05) is 0 Å². The van der Waals surface area contributed by atoms with Crippen molar-refractivity contribution in [1.29, 1.82) is 0 Å². The van der Waals surface area contributed by atoms with Gasteiger partial charge in [0.2, 0.25) is 0 Å². The topological polar surface area (TPSA) is 32.7 Å². The minimum absolute atomic E-state index is 0.260. The third-order valence-electron chi connectivity index (χ3n) is 3.65. The summed E-state index contributed by atoms with van der Waals surface area (Å²) in [6.07, 6.45) is 5.00. The van der Waals surface area contributed by atoms with Crippen LogP contribution in [0.15, 0.2) is 0 Å². The molecule has 0 amide bonds. The van der Waals surface area contributed by atoms with Crippen LogP contribution in [0.4, 0.5) is 0 Å². The molecule has 1 N–H and O–H groups in total. The summed E-state index contributed by atoms with van der Waals surface area (Å²) in [6.45, 7) is 9.46. The third kappa shape index (κ3) is 4.04. The Balaban J connectivity index is 2.38. The summed E-state index contributed by atoms with van der Waals surface area (Å²) in [7, 11) is 0. The van der Waals surface area contributed by atoms with Crippen LogP contribution in [0.5, 0.6) is 0 Å². The fourth-order valence-electron chi connectivity index (χ4n) is 2.38. The van der Waals surface area contributed by atoms with Gasteiger partial charge in [0, 0.05) is 19.4 Å². The summed E-state index contributed by atoms with van der Waals surface area (Å²) in [5.41, 5.74) is 0. The Morgan fingerprint density at radius 1 is 1.31 bits per heavy atom. The van der Waals surface area contributed by atoms with Gasteiger partial charge in [-0.15, -0.1) is 0 Å². The maximum atomic E-state index is 10.4. The first kappa shape index (κ1) is 13.9. The van der Waals surface area contributed by atoms with Crippen LogP contribution >= 0.6 is 0 Å². The molecule has 1 aliphatic rings. The first-order chi connectivity index (χ1) is 7.63. The van der Waals surface area contributed by atoms with Crippen molar-refractivity contribution in [3.05, 3.63) is 0 Å². The highest BCUT2D eigenvalue weighted by molar-refractivity contribution is 4.77. The molecular weight excluding hydrogens is 202 g/mol. The van der Waals surface area contributed by atoms with Gasteiger partial charge < -0.3 is 14.7 Å². The first-order valence-electron chi connectivity index (χ1n) is 6.76. The lowest BCUT2D eigenvalue weighted by Gasteiger charge is -2.38. The van der Waals surface area contributed by atoms with Gasteiger partial charge in [-0.05, 0) is 32.4 Å². The molecule has 3 heteroatoms. The second-order valence-electron chi connectivity index (χ2n) is 4.76. The van der Waals surface area contributed by atoms with E-state index in [4.69, 9.17) is 4.74 Å². The van der Waals surface area contributed by atoms with Gasteiger partial charge in [-0.1, -0.05) is 20.8 Å². The number of aliphatic hydroxyl groups is 1. The molecule has 0 bridgehead atoms. The second-order valence-corrected chi connectivity index (χ2v) is 4.76. The summed E-state index contributed by atoms with van der Waals surface area (Å²) in [5, 5.41) is 10.4. The molecular formula is C13H27NO2. The van der Waals surface area contributed by atoms with Gasteiger partial charge in [0.05, 0.1) is 6.10 Å². The Morgan fingerprint density at radius 3 is 2.56 bits per heavy atom. The van der Waals surface area contributed by atoms with Crippen molar-refractivity contribution in [2.75, 3.05) is 19.6 Å².